The normalized spacial score (nSPS) is 11.3. The first-order chi connectivity index (χ1) is 21.9. The number of benzene rings is 4. The summed E-state index contributed by atoms with van der Waals surface area (Å²) in [5.41, 5.74) is 10.5. The molecule has 0 spiro atoms. The van der Waals surface area contributed by atoms with Crippen LogP contribution in [-0.4, -0.2) is 42.9 Å². The Bertz CT molecular complexity index is 2220. The highest BCUT2D eigenvalue weighted by Gasteiger charge is 2.19. The molecule has 6 N–H and O–H groups in total. The lowest BCUT2D eigenvalue weighted by Crippen LogP contribution is -2.28. The van der Waals surface area contributed by atoms with Crippen molar-refractivity contribution in [1.82, 2.24) is 24.8 Å². The Kier molecular flexibility index (Phi) is 7.07. The number of fused-ring (bicyclic) bond motifs is 3. The summed E-state index contributed by atoms with van der Waals surface area (Å²) in [6.07, 6.45) is 5.72. The zero-order valence-corrected chi connectivity index (χ0v) is 24.1. The molecular formula is C35H29N7O3. The quantitative estimate of drug-likeness (QED) is 0.104. The van der Waals surface area contributed by atoms with Crippen LogP contribution < -0.4 is 15.8 Å². The lowest BCUT2D eigenvalue weighted by atomic mass is 10.0. The molecule has 0 radical (unpaired) electrons. The van der Waals surface area contributed by atoms with Gasteiger partial charge in [0.25, 0.3) is 5.91 Å². The number of H-pyrrole nitrogens is 1. The van der Waals surface area contributed by atoms with Crippen molar-refractivity contribution in [2.24, 2.45) is 5.73 Å². The Morgan fingerprint density at radius 3 is 2.62 bits per heavy atom. The number of aromatic nitrogens is 4. The van der Waals surface area contributed by atoms with Crippen molar-refractivity contribution in [2.45, 2.75) is 13.0 Å². The van der Waals surface area contributed by atoms with Crippen molar-refractivity contribution in [3.05, 3.63) is 126 Å². The molecule has 0 bridgehead atoms. The monoisotopic (exact) mass is 595 g/mol. The highest BCUT2D eigenvalue weighted by Crippen LogP contribution is 2.31. The van der Waals surface area contributed by atoms with Gasteiger partial charge in [0.1, 0.15) is 23.0 Å². The first kappa shape index (κ1) is 27.7. The standard InChI is InChI=1S/C35H29N7O3/c36-33(37)23-7-6-22-16-32(34(44)38-13-10-24-19-41-30-9-8-26(43)18-29(24)30)42(31(22)17-23)20-25-15-27(45-35-39-11-3-12-40-35)14-21-4-1-2-5-28(21)25/h1-9,11-12,14-19,41,43H,10,13,20H2,(H3,36,37)(H,38,44). The Morgan fingerprint density at radius 1 is 0.933 bits per heavy atom. The second-order valence-corrected chi connectivity index (χ2v) is 10.8. The first-order valence-electron chi connectivity index (χ1n) is 14.4. The fraction of sp³-hybridized carbons (Fsp3) is 0.0857. The van der Waals surface area contributed by atoms with Crippen molar-refractivity contribution in [3.8, 4) is 17.5 Å². The topological polar surface area (TPSA) is 155 Å². The third-order valence-corrected chi connectivity index (χ3v) is 7.88. The van der Waals surface area contributed by atoms with Crippen molar-refractivity contribution >= 4 is 44.3 Å². The van der Waals surface area contributed by atoms with E-state index in [-0.39, 0.29) is 23.5 Å². The summed E-state index contributed by atoms with van der Waals surface area (Å²) in [6, 6.07) is 26.4. The predicted octanol–water partition coefficient (Wildman–Crippen LogP) is 5.87. The minimum Gasteiger partial charge on any atom is -0.508 e. The number of phenolic OH excluding ortho intramolecular Hbond substituents is 1. The predicted molar refractivity (Wildman–Crippen MR) is 174 cm³/mol. The van der Waals surface area contributed by atoms with Gasteiger partial charge in [0, 0.05) is 59.0 Å². The number of ether oxygens (including phenoxy) is 1. The Hall–Kier alpha value is -6.16. The second-order valence-electron chi connectivity index (χ2n) is 10.8. The third-order valence-electron chi connectivity index (χ3n) is 7.88. The van der Waals surface area contributed by atoms with E-state index in [9.17, 15) is 9.90 Å². The summed E-state index contributed by atoms with van der Waals surface area (Å²) in [7, 11) is 0. The Labute approximate surface area is 257 Å². The van der Waals surface area contributed by atoms with E-state index in [1.165, 1.54) is 0 Å². The van der Waals surface area contributed by atoms with E-state index in [0.29, 0.717) is 36.5 Å². The molecule has 10 nitrogen and oxygen atoms in total. The lowest BCUT2D eigenvalue weighted by Gasteiger charge is -2.15. The average Bonchev–Trinajstić information content (AvgIpc) is 3.62. The SMILES string of the molecule is N=C(N)c1ccc2cc(C(=O)NCCc3c[nH]c4ccc(O)cc34)n(Cc3cc(Oc4ncccn4)cc4ccccc34)c2c1. The maximum atomic E-state index is 13.8. The number of carbonyl (C=O) groups excluding carboxylic acids is 1. The minimum absolute atomic E-state index is 0.0517. The van der Waals surface area contributed by atoms with Crippen molar-refractivity contribution in [1.29, 1.82) is 5.41 Å². The number of hydrogen-bond donors (Lipinski definition) is 5. The Balaban J connectivity index is 1.24. The fourth-order valence-electron chi connectivity index (χ4n) is 5.72. The average molecular weight is 596 g/mol. The summed E-state index contributed by atoms with van der Waals surface area (Å²) in [4.78, 5) is 25.4. The number of nitrogens with one attached hydrogen (secondary N) is 3. The van der Waals surface area contributed by atoms with E-state index >= 15 is 0 Å². The van der Waals surface area contributed by atoms with Crippen molar-refractivity contribution in [3.63, 3.8) is 0 Å². The highest BCUT2D eigenvalue weighted by molar-refractivity contribution is 6.02. The van der Waals surface area contributed by atoms with Crippen LogP contribution in [0.2, 0.25) is 0 Å². The number of nitrogens with two attached hydrogens (primary N) is 1. The molecule has 0 atom stereocenters. The van der Waals surface area contributed by atoms with E-state index in [4.69, 9.17) is 15.9 Å². The number of amides is 1. The van der Waals surface area contributed by atoms with Gasteiger partial charge in [0.05, 0.1) is 0 Å². The molecule has 222 valence electrons. The van der Waals surface area contributed by atoms with Gasteiger partial charge in [-0.2, -0.15) is 0 Å². The lowest BCUT2D eigenvalue weighted by molar-refractivity contribution is 0.0945. The number of rotatable bonds is 9. The van der Waals surface area contributed by atoms with Gasteiger partial charge in [-0.25, -0.2) is 9.97 Å². The summed E-state index contributed by atoms with van der Waals surface area (Å²) >= 11 is 0. The molecule has 0 saturated heterocycles. The Morgan fingerprint density at radius 2 is 1.78 bits per heavy atom. The van der Waals surface area contributed by atoms with Crippen LogP contribution in [0, 0.1) is 5.41 Å². The molecule has 0 aliphatic heterocycles. The molecule has 7 rings (SSSR count). The molecular weight excluding hydrogens is 566 g/mol. The summed E-state index contributed by atoms with van der Waals surface area (Å²) in [5.74, 6) is 0.489. The fourth-order valence-corrected chi connectivity index (χ4v) is 5.72. The number of nitrogen functional groups attached to an aromatic ring is 1. The maximum Gasteiger partial charge on any atom is 0.321 e. The first-order valence-corrected chi connectivity index (χ1v) is 14.4. The van der Waals surface area contributed by atoms with Gasteiger partial charge in [-0.05, 0) is 76.9 Å². The van der Waals surface area contributed by atoms with E-state index < -0.39 is 0 Å². The molecule has 45 heavy (non-hydrogen) atoms. The largest absolute Gasteiger partial charge is 0.508 e. The number of nitrogens with zero attached hydrogens (tertiary/aromatic N) is 3. The van der Waals surface area contributed by atoms with E-state index in [2.05, 4.69) is 20.3 Å². The van der Waals surface area contributed by atoms with Gasteiger partial charge in [-0.15, -0.1) is 0 Å². The zero-order valence-electron chi connectivity index (χ0n) is 24.1. The van der Waals surface area contributed by atoms with Gasteiger partial charge < -0.3 is 30.4 Å². The van der Waals surface area contributed by atoms with Crippen LogP contribution in [0.25, 0.3) is 32.6 Å². The summed E-state index contributed by atoms with van der Waals surface area (Å²) in [6.45, 7) is 0.744. The number of phenols is 1. The molecule has 0 aliphatic rings. The highest BCUT2D eigenvalue weighted by atomic mass is 16.5. The van der Waals surface area contributed by atoms with Crippen molar-refractivity contribution in [2.75, 3.05) is 6.54 Å². The zero-order chi connectivity index (χ0) is 30.9. The van der Waals surface area contributed by atoms with Crippen LogP contribution in [0.15, 0.2) is 104 Å². The molecule has 0 unspecified atom stereocenters. The van der Waals surface area contributed by atoms with Crippen LogP contribution in [0.3, 0.4) is 0 Å². The number of carbonyl (C=O) groups is 1. The maximum absolute atomic E-state index is 13.8. The van der Waals surface area contributed by atoms with Gasteiger partial charge in [0.2, 0.25) is 0 Å². The number of aromatic hydroxyl groups is 1. The van der Waals surface area contributed by atoms with Gasteiger partial charge >= 0.3 is 6.01 Å². The number of hydrogen-bond acceptors (Lipinski definition) is 6. The molecule has 1 amide bonds. The number of aromatic amines is 1. The molecule has 7 aromatic rings. The molecule has 0 fully saturated rings. The van der Waals surface area contributed by atoms with Gasteiger partial charge in [-0.3, -0.25) is 10.2 Å². The molecule has 0 saturated carbocycles. The summed E-state index contributed by atoms with van der Waals surface area (Å²) in [5, 5.41) is 24.8. The molecule has 3 aromatic heterocycles. The van der Waals surface area contributed by atoms with Gasteiger partial charge in [0.15, 0.2) is 0 Å². The van der Waals surface area contributed by atoms with Crippen molar-refractivity contribution < 1.29 is 14.6 Å². The van der Waals surface area contributed by atoms with E-state index in [0.717, 1.165) is 43.7 Å². The van der Waals surface area contributed by atoms with Crippen LogP contribution in [0.1, 0.15) is 27.2 Å². The smallest absolute Gasteiger partial charge is 0.321 e. The van der Waals surface area contributed by atoms with Crippen LogP contribution in [0.4, 0.5) is 0 Å². The summed E-state index contributed by atoms with van der Waals surface area (Å²) < 4.78 is 7.96. The van der Waals surface area contributed by atoms with Crippen LogP contribution >= 0.6 is 0 Å². The number of amidine groups is 1. The second kappa shape index (κ2) is 11.5. The van der Waals surface area contributed by atoms with Crippen LogP contribution in [0.5, 0.6) is 17.5 Å². The van der Waals surface area contributed by atoms with E-state index in [1.54, 1.807) is 36.7 Å². The molecule has 4 aromatic carbocycles. The molecule has 10 heteroatoms. The van der Waals surface area contributed by atoms with E-state index in [1.807, 2.05) is 71.4 Å². The third kappa shape index (κ3) is 5.52. The van der Waals surface area contributed by atoms with Gasteiger partial charge in [-0.1, -0.05) is 36.4 Å². The molecule has 0 aliphatic carbocycles. The minimum atomic E-state index is -0.229. The van der Waals surface area contributed by atoms with Crippen LogP contribution in [-0.2, 0) is 13.0 Å². The molecule has 3 heterocycles.